The second kappa shape index (κ2) is 6.43. The topological polar surface area (TPSA) is 58.1 Å². The second-order valence-electron chi connectivity index (χ2n) is 5.47. The quantitative estimate of drug-likeness (QED) is 0.916. The lowest BCUT2D eigenvalue weighted by Crippen LogP contribution is -2.44. The summed E-state index contributed by atoms with van der Waals surface area (Å²) < 4.78 is 3.92. The molecule has 6 heteroatoms. The highest BCUT2D eigenvalue weighted by molar-refractivity contribution is 7.08. The van der Waals surface area contributed by atoms with Gasteiger partial charge in [-0.25, -0.2) is 0 Å². The number of carbonyl (C=O) groups excluding carboxylic acids is 1. The summed E-state index contributed by atoms with van der Waals surface area (Å²) in [5.41, 5.74) is 0.818. The van der Waals surface area contributed by atoms with Gasteiger partial charge in [0.25, 0.3) is 5.91 Å². The predicted octanol–water partition coefficient (Wildman–Crippen LogP) is 1.88. The van der Waals surface area contributed by atoms with Crippen molar-refractivity contribution in [3.8, 4) is 0 Å². The molecule has 1 atom stereocenters. The first kappa shape index (κ1) is 14.4. The molecule has 1 fully saturated rings. The van der Waals surface area contributed by atoms with Crippen molar-refractivity contribution in [2.75, 3.05) is 20.1 Å². The number of hydrogen-bond acceptors (Lipinski definition) is 5. The summed E-state index contributed by atoms with van der Waals surface area (Å²) in [6, 6.07) is 0.422. The minimum atomic E-state index is 0.0473. The Hall–Kier alpha value is -1.01. The van der Waals surface area contributed by atoms with E-state index in [-0.39, 0.29) is 11.8 Å². The van der Waals surface area contributed by atoms with Gasteiger partial charge in [-0.2, -0.15) is 0 Å². The zero-order valence-electron chi connectivity index (χ0n) is 11.8. The summed E-state index contributed by atoms with van der Waals surface area (Å²) in [5, 5.41) is 7.54. The van der Waals surface area contributed by atoms with E-state index >= 15 is 0 Å². The van der Waals surface area contributed by atoms with Crippen LogP contribution in [-0.4, -0.2) is 46.6 Å². The van der Waals surface area contributed by atoms with Gasteiger partial charge in [-0.1, -0.05) is 24.8 Å². The van der Waals surface area contributed by atoms with Gasteiger partial charge in [-0.05, 0) is 36.8 Å². The summed E-state index contributed by atoms with van der Waals surface area (Å²) in [4.78, 5) is 14.9. The number of aromatic nitrogens is 2. The smallest absolute Gasteiger partial charge is 0.267 e. The molecule has 19 heavy (non-hydrogen) atoms. The van der Waals surface area contributed by atoms with E-state index < -0.39 is 0 Å². The van der Waals surface area contributed by atoms with Gasteiger partial charge in [-0.15, -0.1) is 5.10 Å². The number of carbonyl (C=O) groups is 1. The van der Waals surface area contributed by atoms with E-state index in [0.29, 0.717) is 10.9 Å². The van der Waals surface area contributed by atoms with Crippen LogP contribution in [0.5, 0.6) is 0 Å². The third-order valence-electron chi connectivity index (χ3n) is 3.51. The van der Waals surface area contributed by atoms with Gasteiger partial charge in [0, 0.05) is 19.6 Å². The number of rotatable bonds is 4. The van der Waals surface area contributed by atoms with Gasteiger partial charge in [0.15, 0.2) is 0 Å². The Bertz CT molecular complexity index is 426. The van der Waals surface area contributed by atoms with Gasteiger partial charge >= 0.3 is 0 Å². The fourth-order valence-corrected chi connectivity index (χ4v) is 3.20. The van der Waals surface area contributed by atoms with E-state index in [1.807, 2.05) is 20.9 Å². The molecule has 0 radical (unpaired) electrons. The lowest BCUT2D eigenvalue weighted by atomic mass is 10.0. The first-order valence-electron chi connectivity index (χ1n) is 6.90. The molecular weight excluding hydrogens is 260 g/mol. The van der Waals surface area contributed by atoms with Crippen molar-refractivity contribution in [3.05, 3.63) is 10.6 Å². The fourth-order valence-electron chi connectivity index (χ4n) is 2.39. The van der Waals surface area contributed by atoms with E-state index in [0.717, 1.165) is 25.2 Å². The number of nitrogens with zero attached hydrogens (tertiary/aromatic N) is 3. The van der Waals surface area contributed by atoms with Crippen LogP contribution in [0.4, 0.5) is 0 Å². The van der Waals surface area contributed by atoms with Crippen LogP contribution in [0.3, 0.4) is 0 Å². The molecule has 1 saturated heterocycles. The van der Waals surface area contributed by atoms with Gasteiger partial charge in [0.05, 0.1) is 5.69 Å². The minimum Gasteiger partial charge on any atom is -0.339 e. The van der Waals surface area contributed by atoms with Gasteiger partial charge in [0.2, 0.25) is 0 Å². The molecule has 2 rings (SSSR count). The molecule has 1 unspecified atom stereocenters. The first-order chi connectivity index (χ1) is 9.09. The lowest BCUT2D eigenvalue weighted by Gasteiger charge is -2.28. The Morgan fingerprint density at radius 1 is 1.53 bits per heavy atom. The van der Waals surface area contributed by atoms with Gasteiger partial charge in [0.1, 0.15) is 4.88 Å². The standard InChI is InChI=1S/C13H22N4OS/c1-9(2)11-12(19-16-15-11)13(18)17(3)8-10-6-4-5-7-14-10/h9-10,14H,4-8H2,1-3H3. The highest BCUT2D eigenvalue weighted by Crippen LogP contribution is 2.21. The zero-order valence-corrected chi connectivity index (χ0v) is 12.7. The van der Waals surface area contributed by atoms with Crippen LogP contribution in [0.2, 0.25) is 0 Å². The maximum absolute atomic E-state index is 12.4. The van der Waals surface area contributed by atoms with Crippen molar-refractivity contribution in [3.63, 3.8) is 0 Å². The Labute approximate surface area is 118 Å². The number of likely N-dealkylation sites (N-methyl/N-ethyl adjacent to an activating group) is 1. The summed E-state index contributed by atoms with van der Waals surface area (Å²) in [6.45, 7) is 5.90. The normalized spacial score (nSPS) is 19.7. The van der Waals surface area contributed by atoms with Crippen LogP contribution in [-0.2, 0) is 0 Å². The summed E-state index contributed by atoms with van der Waals surface area (Å²) in [6.07, 6.45) is 3.64. The van der Waals surface area contributed by atoms with Crippen LogP contribution in [0.25, 0.3) is 0 Å². The van der Waals surface area contributed by atoms with Crippen LogP contribution in [0.1, 0.15) is 54.4 Å². The monoisotopic (exact) mass is 282 g/mol. The maximum Gasteiger partial charge on any atom is 0.267 e. The predicted molar refractivity (Wildman–Crippen MR) is 76.6 cm³/mol. The molecule has 1 aromatic heterocycles. The molecule has 1 amide bonds. The highest BCUT2D eigenvalue weighted by Gasteiger charge is 2.24. The molecule has 0 spiro atoms. The number of amides is 1. The minimum absolute atomic E-state index is 0.0473. The van der Waals surface area contributed by atoms with Crippen molar-refractivity contribution >= 4 is 17.4 Å². The summed E-state index contributed by atoms with van der Waals surface area (Å²) in [7, 11) is 1.86. The van der Waals surface area contributed by atoms with Crippen LogP contribution in [0.15, 0.2) is 0 Å². The largest absolute Gasteiger partial charge is 0.339 e. The average molecular weight is 282 g/mol. The van der Waals surface area contributed by atoms with Crippen LogP contribution in [0, 0.1) is 0 Å². The molecule has 5 nitrogen and oxygen atoms in total. The Morgan fingerprint density at radius 2 is 2.32 bits per heavy atom. The molecule has 106 valence electrons. The Kier molecular flexibility index (Phi) is 4.87. The average Bonchev–Trinajstić information content (AvgIpc) is 2.88. The number of hydrogen-bond donors (Lipinski definition) is 1. The van der Waals surface area contributed by atoms with E-state index in [1.54, 1.807) is 4.90 Å². The Morgan fingerprint density at radius 3 is 2.95 bits per heavy atom. The second-order valence-corrected chi connectivity index (χ2v) is 6.23. The molecule has 2 heterocycles. The highest BCUT2D eigenvalue weighted by atomic mass is 32.1. The SMILES string of the molecule is CC(C)c1nnsc1C(=O)N(C)CC1CCCCN1. The molecule has 1 N–H and O–H groups in total. The van der Waals surface area contributed by atoms with Crippen molar-refractivity contribution in [1.82, 2.24) is 19.8 Å². The number of nitrogens with one attached hydrogen (secondary N) is 1. The third-order valence-corrected chi connectivity index (χ3v) is 4.24. The molecule has 1 aromatic rings. The molecule has 1 aliphatic heterocycles. The van der Waals surface area contributed by atoms with Crippen molar-refractivity contribution in [1.29, 1.82) is 0 Å². The number of piperidine rings is 1. The van der Waals surface area contributed by atoms with Crippen LogP contribution >= 0.6 is 11.5 Å². The van der Waals surface area contributed by atoms with E-state index in [1.165, 1.54) is 24.4 Å². The molecule has 1 aliphatic rings. The molecule has 0 saturated carbocycles. The molecule has 0 aromatic carbocycles. The first-order valence-corrected chi connectivity index (χ1v) is 7.68. The van der Waals surface area contributed by atoms with E-state index in [9.17, 15) is 4.79 Å². The van der Waals surface area contributed by atoms with Crippen molar-refractivity contribution < 1.29 is 4.79 Å². The zero-order chi connectivity index (χ0) is 13.8. The van der Waals surface area contributed by atoms with Crippen molar-refractivity contribution in [2.24, 2.45) is 0 Å². The van der Waals surface area contributed by atoms with Crippen molar-refractivity contribution in [2.45, 2.75) is 45.1 Å². The lowest BCUT2D eigenvalue weighted by molar-refractivity contribution is 0.0778. The Balaban J connectivity index is 1.99. The molecule has 0 bridgehead atoms. The third kappa shape index (κ3) is 3.51. The van der Waals surface area contributed by atoms with Gasteiger partial charge < -0.3 is 10.2 Å². The summed E-state index contributed by atoms with van der Waals surface area (Å²) in [5.74, 6) is 0.282. The van der Waals surface area contributed by atoms with Gasteiger partial charge in [-0.3, -0.25) is 4.79 Å². The molecule has 0 aliphatic carbocycles. The summed E-state index contributed by atoms with van der Waals surface area (Å²) >= 11 is 1.20. The molecular formula is C13H22N4OS. The fraction of sp³-hybridized carbons (Fsp3) is 0.769. The van der Waals surface area contributed by atoms with E-state index in [4.69, 9.17) is 0 Å². The van der Waals surface area contributed by atoms with Crippen LogP contribution < -0.4 is 5.32 Å². The van der Waals surface area contributed by atoms with E-state index in [2.05, 4.69) is 14.9 Å². The maximum atomic E-state index is 12.4.